The minimum absolute atomic E-state index is 0.0143. The molecule has 6 rings (SSSR count). The topological polar surface area (TPSA) is 199 Å². The van der Waals surface area contributed by atoms with Crippen LogP contribution in [0.5, 0.6) is 0 Å². The van der Waals surface area contributed by atoms with Crippen LogP contribution in [0.2, 0.25) is 0 Å². The molecule has 0 amide bonds. The molecule has 0 radical (unpaired) electrons. The zero-order valence-electron chi connectivity index (χ0n) is 53.2. The van der Waals surface area contributed by atoms with Crippen LogP contribution < -0.4 is 0 Å². The van der Waals surface area contributed by atoms with Gasteiger partial charge in [0.25, 0.3) is 0 Å². The third-order valence-corrected chi connectivity index (χ3v) is 16.2. The first-order valence-electron chi connectivity index (χ1n) is 31.9. The molecule has 6 fully saturated rings. The van der Waals surface area contributed by atoms with Gasteiger partial charge in [0.2, 0.25) is 0 Å². The molecule has 6 aliphatic rings. The molecule has 12 nitrogen and oxygen atoms in total. The second-order valence-corrected chi connectivity index (χ2v) is 24.8. The summed E-state index contributed by atoms with van der Waals surface area (Å²) in [7, 11) is 0. The summed E-state index contributed by atoms with van der Waals surface area (Å²) in [5.41, 5.74) is 0. The lowest BCUT2D eigenvalue weighted by atomic mass is 10.0. The monoisotopic (exact) mass is 1170 g/mol. The minimum Gasteiger partial charge on any atom is -0.390 e. The van der Waals surface area contributed by atoms with Crippen LogP contribution >= 0.6 is 0 Å². The molecule has 8 N–H and O–H groups in total. The molecule has 0 aromatic rings. The van der Waals surface area contributed by atoms with Crippen molar-refractivity contribution in [2.24, 2.45) is 47.3 Å². The van der Waals surface area contributed by atoms with E-state index in [0.717, 1.165) is 48.3 Å². The highest BCUT2D eigenvalue weighted by Gasteiger charge is 2.47. The molecule has 2 saturated heterocycles. The van der Waals surface area contributed by atoms with Gasteiger partial charge in [0.05, 0.1) is 42.7 Å². The predicted octanol–water partition coefficient (Wildman–Crippen LogP) is 9.57. The van der Waals surface area contributed by atoms with Crippen molar-refractivity contribution in [3.8, 4) is 94.7 Å². The summed E-state index contributed by atoms with van der Waals surface area (Å²) in [5, 5.41) is 76.3. The first-order valence-corrected chi connectivity index (χ1v) is 31.9. The number of aliphatic hydroxyl groups is 8. The van der Waals surface area contributed by atoms with Gasteiger partial charge in [0.15, 0.2) is 11.6 Å². The Morgan fingerprint density at radius 2 is 0.788 bits per heavy atom. The van der Waals surface area contributed by atoms with E-state index in [1.54, 1.807) is 0 Å². The highest BCUT2D eigenvalue weighted by Crippen LogP contribution is 2.49. The van der Waals surface area contributed by atoms with Crippen molar-refractivity contribution < 1.29 is 59.8 Å². The fourth-order valence-electron chi connectivity index (χ4n) is 11.0. The highest BCUT2D eigenvalue weighted by atomic mass is 16.8. The molecule has 0 aromatic heterocycles. The number of hydrogen-bond acceptors (Lipinski definition) is 12. The van der Waals surface area contributed by atoms with Crippen LogP contribution in [0, 0.1) is 142 Å². The van der Waals surface area contributed by atoms with Crippen LogP contribution in [0.25, 0.3) is 0 Å². The molecule has 4 aliphatic carbocycles. The summed E-state index contributed by atoms with van der Waals surface area (Å²) in [5.74, 6) is 47.8. The molecule has 470 valence electrons. The van der Waals surface area contributed by atoms with Crippen molar-refractivity contribution in [2.75, 3.05) is 0 Å². The molecule has 8 unspecified atom stereocenters. The van der Waals surface area contributed by atoms with E-state index in [1.165, 1.54) is 89.2 Å². The largest absolute Gasteiger partial charge is 0.390 e. The Kier molecular flexibility index (Phi) is 35.3. The molecule has 0 aromatic carbocycles. The molecule has 20 atom stereocenters. The summed E-state index contributed by atoms with van der Waals surface area (Å²) in [6.07, 6.45) is 17.4. The Bertz CT molecular complexity index is 2530. The fraction of sp³-hybridized carbons (Fsp3) is 0.726. The summed E-state index contributed by atoms with van der Waals surface area (Å²) in [6, 6.07) is 0. The lowest BCUT2D eigenvalue weighted by Crippen LogP contribution is -2.26. The van der Waals surface area contributed by atoms with Gasteiger partial charge in [-0.15, -0.1) is 0 Å². The van der Waals surface area contributed by atoms with Crippen LogP contribution in [-0.2, 0) is 18.9 Å². The normalized spacial score (nSPS) is 28.9. The minimum atomic E-state index is -0.870. The van der Waals surface area contributed by atoms with Gasteiger partial charge >= 0.3 is 0 Å². The number of ether oxygens (including phenoxy) is 4. The van der Waals surface area contributed by atoms with E-state index in [2.05, 4.69) is 136 Å². The zero-order valence-corrected chi connectivity index (χ0v) is 53.2. The first kappa shape index (κ1) is 74.7. The smallest absolute Gasteiger partial charge is 0.165 e. The third kappa shape index (κ3) is 31.8. The van der Waals surface area contributed by atoms with Crippen LogP contribution in [0.4, 0.5) is 0 Å². The Balaban J connectivity index is 0.000000297. The fourth-order valence-corrected chi connectivity index (χ4v) is 11.0. The van der Waals surface area contributed by atoms with Crippen molar-refractivity contribution in [1.29, 1.82) is 0 Å². The molecular formula is C73H106O12. The van der Waals surface area contributed by atoms with Gasteiger partial charge < -0.3 is 59.8 Å². The van der Waals surface area contributed by atoms with E-state index in [1.807, 2.05) is 41.5 Å². The number of hydrogen-bond donors (Lipinski definition) is 8. The van der Waals surface area contributed by atoms with Gasteiger partial charge in [-0.3, -0.25) is 0 Å². The van der Waals surface area contributed by atoms with E-state index in [0.29, 0.717) is 43.9 Å². The van der Waals surface area contributed by atoms with Crippen molar-refractivity contribution in [2.45, 2.75) is 289 Å². The SMILES string of the molecule is C=C[C@@H](O)C#CC#C[C@H]1OC(C)(C)O[C@@H]1CC1CC1CCC.C=C[C@H](O)C#CC#CC[C@@H](O)[C@H](O)CC1CC1CCC.CCCC1CC1C[C@@H](O)[C@H](O)CC#CC#C[C@@H](O)CC.CCCC1CC1C[C@H]1OC(C)(C)O[C@@H]1CC#CC#C[C@@H](O)CC. The lowest BCUT2D eigenvalue weighted by Gasteiger charge is -2.16. The molecule has 0 bridgehead atoms. The number of rotatable bonds is 25. The Morgan fingerprint density at radius 3 is 1.22 bits per heavy atom. The summed E-state index contributed by atoms with van der Waals surface area (Å²) < 4.78 is 24.0. The highest BCUT2D eigenvalue weighted by molar-refractivity contribution is 5.31. The van der Waals surface area contributed by atoms with Crippen LogP contribution in [0.1, 0.15) is 204 Å². The third-order valence-electron chi connectivity index (χ3n) is 16.2. The average molecular weight is 1180 g/mol. The first-order chi connectivity index (χ1) is 40.6. The molecule has 2 heterocycles. The van der Waals surface area contributed by atoms with E-state index < -0.39 is 60.4 Å². The number of aliphatic hydroxyl groups excluding tert-OH is 8. The molecule has 4 saturated carbocycles. The van der Waals surface area contributed by atoms with Gasteiger partial charge in [-0.05, 0) is 187 Å². The standard InChI is InChI=1S/C20H30O3.C19H26O3.C17H26O3.C17H24O3/c1-5-10-15-13-16(15)14-19-18(22-20(3,4)23-19)12-9-7-8-11-17(21)6-2;1-5-9-14-12-15(14)13-18-17(21-19(3,4)22-18)11-8-7-10-16(20)6-2;2*1-3-8-13-11-14(13)12-17(20)16(19)10-7-5-6-9-15(18)4-2/h15-19,21H,5-6,10,12-14H2,1-4H3;6,14-18,20H,2,5,9,12-13H2,1,3-4H3;13-20H,3-4,8,10-12H2,1-2H3;4,13-20H,2-3,8,10-12H2,1H3/t15?,16?,17-,18+,19+;14?,15?,16-,17-,18-;2*13?,14?,15-,16+,17+/m0100/s1. The van der Waals surface area contributed by atoms with Gasteiger partial charge in [0, 0.05) is 19.3 Å². The van der Waals surface area contributed by atoms with Gasteiger partial charge in [-0.2, -0.15) is 0 Å². The van der Waals surface area contributed by atoms with Crippen molar-refractivity contribution in [3.63, 3.8) is 0 Å². The van der Waals surface area contributed by atoms with Gasteiger partial charge in [-0.25, -0.2) is 0 Å². The maximum absolute atomic E-state index is 9.90. The second-order valence-electron chi connectivity index (χ2n) is 24.8. The van der Waals surface area contributed by atoms with Crippen molar-refractivity contribution >= 4 is 0 Å². The molecule has 12 heteroatoms. The summed E-state index contributed by atoms with van der Waals surface area (Å²) in [4.78, 5) is 0. The maximum Gasteiger partial charge on any atom is 0.165 e. The van der Waals surface area contributed by atoms with Crippen LogP contribution in [0.15, 0.2) is 25.3 Å². The summed E-state index contributed by atoms with van der Waals surface area (Å²) in [6.45, 7) is 27.2. The van der Waals surface area contributed by atoms with Crippen LogP contribution in [-0.4, -0.2) is 126 Å². The average Bonchev–Trinajstić information content (AvgIpc) is 4.53. The molecule has 0 spiro atoms. The zero-order chi connectivity index (χ0) is 63.0. The van der Waals surface area contributed by atoms with E-state index in [9.17, 15) is 35.7 Å². The van der Waals surface area contributed by atoms with E-state index in [4.69, 9.17) is 24.1 Å². The Labute approximate surface area is 513 Å². The molecular weight excluding hydrogens is 1070 g/mol. The lowest BCUT2D eigenvalue weighted by molar-refractivity contribution is -0.146. The Morgan fingerprint density at radius 1 is 0.424 bits per heavy atom. The summed E-state index contributed by atoms with van der Waals surface area (Å²) >= 11 is 0. The van der Waals surface area contributed by atoms with E-state index in [-0.39, 0.29) is 37.3 Å². The van der Waals surface area contributed by atoms with Crippen molar-refractivity contribution in [1.82, 2.24) is 0 Å². The van der Waals surface area contributed by atoms with Gasteiger partial charge in [-0.1, -0.05) is 166 Å². The van der Waals surface area contributed by atoms with E-state index >= 15 is 0 Å². The van der Waals surface area contributed by atoms with Gasteiger partial charge in [0.1, 0.15) is 30.5 Å². The van der Waals surface area contributed by atoms with Crippen LogP contribution in [0.3, 0.4) is 0 Å². The predicted molar refractivity (Wildman–Crippen MR) is 337 cm³/mol. The molecule has 2 aliphatic heterocycles. The second kappa shape index (κ2) is 40.1. The quantitative estimate of drug-likeness (QED) is 0.0319. The molecule has 85 heavy (non-hydrogen) atoms. The van der Waals surface area contributed by atoms with Crippen molar-refractivity contribution in [3.05, 3.63) is 25.3 Å². The Hall–Kier alpha value is -4.52. The maximum atomic E-state index is 9.90.